The lowest BCUT2D eigenvalue weighted by atomic mass is 10.3. The van der Waals surface area contributed by atoms with Crippen molar-refractivity contribution in [3.63, 3.8) is 0 Å². The number of hydrogen-bond acceptors (Lipinski definition) is 5. The molecule has 1 aromatic carbocycles. The smallest absolute Gasteiger partial charge is 0.264 e. The Hall–Kier alpha value is -1.31. The third-order valence-electron chi connectivity index (χ3n) is 2.07. The van der Waals surface area contributed by atoms with Gasteiger partial charge in [0.25, 0.3) is 15.9 Å². The second kappa shape index (κ2) is 6.23. The number of anilines is 1. The van der Waals surface area contributed by atoms with E-state index in [4.69, 9.17) is 22.1 Å². The quantitative estimate of drug-likeness (QED) is 0.795. The van der Waals surface area contributed by atoms with E-state index >= 15 is 0 Å². The van der Waals surface area contributed by atoms with Gasteiger partial charge in [0.05, 0.1) is 21.7 Å². The molecule has 1 amide bonds. The van der Waals surface area contributed by atoms with Crippen LogP contribution in [-0.4, -0.2) is 27.0 Å². The van der Waals surface area contributed by atoms with Gasteiger partial charge in [0.15, 0.2) is 0 Å². The molecule has 3 N–H and O–H groups in total. The van der Waals surface area contributed by atoms with E-state index in [-0.39, 0.29) is 28.3 Å². The Morgan fingerprint density at radius 2 is 2.11 bits per heavy atom. The van der Waals surface area contributed by atoms with Crippen molar-refractivity contribution < 1.29 is 17.9 Å². The van der Waals surface area contributed by atoms with Gasteiger partial charge in [-0.15, -0.1) is 0 Å². The highest BCUT2D eigenvalue weighted by Crippen LogP contribution is 2.21. The monoisotopic (exact) mass is 306 g/mol. The van der Waals surface area contributed by atoms with Gasteiger partial charge in [0.1, 0.15) is 6.61 Å². The maximum atomic E-state index is 11.9. The third-order valence-corrected chi connectivity index (χ3v) is 3.79. The molecule has 0 unspecified atom stereocenters. The summed E-state index contributed by atoms with van der Waals surface area (Å²) in [7, 11) is -3.96. The fourth-order valence-corrected chi connectivity index (χ4v) is 2.29. The standard InChI is InChI=1S/C11H15ClN2O4S/c1-7(2)18-6-11(15)14-19(16,17)8-3-4-9(12)10(13)5-8/h3-5,7H,6,13H2,1-2H3,(H,14,15). The minimum Gasteiger partial charge on any atom is -0.397 e. The molecule has 0 fully saturated rings. The first-order chi connectivity index (χ1) is 8.72. The largest absolute Gasteiger partial charge is 0.397 e. The van der Waals surface area contributed by atoms with Crippen molar-refractivity contribution in [3.8, 4) is 0 Å². The van der Waals surface area contributed by atoms with E-state index in [1.165, 1.54) is 18.2 Å². The van der Waals surface area contributed by atoms with Crippen LogP contribution in [0.4, 0.5) is 5.69 Å². The number of carbonyl (C=O) groups is 1. The van der Waals surface area contributed by atoms with Gasteiger partial charge in [-0.25, -0.2) is 13.1 Å². The molecule has 0 saturated carbocycles. The van der Waals surface area contributed by atoms with E-state index in [2.05, 4.69) is 0 Å². The van der Waals surface area contributed by atoms with Crippen molar-refractivity contribution in [2.75, 3.05) is 12.3 Å². The summed E-state index contributed by atoms with van der Waals surface area (Å²) in [6, 6.07) is 3.79. The minimum absolute atomic E-state index is 0.121. The zero-order valence-electron chi connectivity index (χ0n) is 10.5. The second-order valence-corrected chi connectivity index (χ2v) is 6.16. The molecular weight excluding hydrogens is 292 g/mol. The van der Waals surface area contributed by atoms with Gasteiger partial charge in [0, 0.05) is 0 Å². The molecule has 0 heterocycles. The molecule has 106 valence electrons. The topological polar surface area (TPSA) is 98.5 Å². The molecule has 0 bridgehead atoms. The number of rotatable bonds is 5. The lowest BCUT2D eigenvalue weighted by Crippen LogP contribution is -2.34. The highest BCUT2D eigenvalue weighted by Gasteiger charge is 2.18. The Morgan fingerprint density at radius 3 is 2.63 bits per heavy atom. The van der Waals surface area contributed by atoms with Gasteiger partial charge in [-0.3, -0.25) is 4.79 Å². The average Bonchev–Trinajstić information content (AvgIpc) is 2.29. The Labute approximate surface area is 116 Å². The van der Waals surface area contributed by atoms with Crippen molar-refractivity contribution in [1.82, 2.24) is 4.72 Å². The van der Waals surface area contributed by atoms with Crippen LogP contribution in [0.2, 0.25) is 5.02 Å². The van der Waals surface area contributed by atoms with Crippen LogP contribution >= 0.6 is 11.6 Å². The predicted molar refractivity (Wildman–Crippen MR) is 72.3 cm³/mol. The van der Waals surface area contributed by atoms with Crippen LogP contribution in [0.5, 0.6) is 0 Å². The zero-order chi connectivity index (χ0) is 14.6. The molecule has 6 nitrogen and oxygen atoms in total. The first-order valence-electron chi connectivity index (χ1n) is 5.44. The van der Waals surface area contributed by atoms with E-state index in [0.29, 0.717) is 0 Å². The number of sulfonamides is 1. The number of nitrogen functional groups attached to an aromatic ring is 1. The number of halogens is 1. The maximum Gasteiger partial charge on any atom is 0.264 e. The second-order valence-electron chi connectivity index (χ2n) is 4.07. The minimum atomic E-state index is -3.96. The molecule has 0 radical (unpaired) electrons. The van der Waals surface area contributed by atoms with E-state index in [0.717, 1.165) is 0 Å². The highest BCUT2D eigenvalue weighted by atomic mass is 35.5. The van der Waals surface area contributed by atoms with Crippen LogP contribution in [0.25, 0.3) is 0 Å². The van der Waals surface area contributed by atoms with E-state index in [9.17, 15) is 13.2 Å². The van der Waals surface area contributed by atoms with Crippen LogP contribution in [0.15, 0.2) is 23.1 Å². The lowest BCUT2D eigenvalue weighted by Gasteiger charge is -2.10. The SMILES string of the molecule is CC(C)OCC(=O)NS(=O)(=O)c1ccc(Cl)c(N)c1. The molecule has 0 aromatic heterocycles. The fourth-order valence-electron chi connectivity index (χ4n) is 1.17. The molecule has 0 aliphatic heterocycles. The van der Waals surface area contributed by atoms with E-state index < -0.39 is 15.9 Å². The summed E-state index contributed by atoms with van der Waals surface area (Å²) in [6.07, 6.45) is -0.167. The molecule has 1 aromatic rings. The lowest BCUT2D eigenvalue weighted by molar-refractivity contribution is -0.125. The molecule has 19 heavy (non-hydrogen) atoms. The van der Waals surface area contributed by atoms with Crippen molar-refractivity contribution in [2.45, 2.75) is 24.8 Å². The van der Waals surface area contributed by atoms with Crippen LogP contribution in [-0.2, 0) is 19.6 Å². The highest BCUT2D eigenvalue weighted by molar-refractivity contribution is 7.90. The number of carbonyl (C=O) groups excluding carboxylic acids is 1. The van der Waals surface area contributed by atoms with Crippen LogP contribution in [0.1, 0.15) is 13.8 Å². The van der Waals surface area contributed by atoms with Gasteiger partial charge >= 0.3 is 0 Å². The zero-order valence-corrected chi connectivity index (χ0v) is 12.1. The number of ether oxygens (including phenoxy) is 1. The summed E-state index contributed by atoms with van der Waals surface area (Å²) < 4.78 is 30.6. The van der Waals surface area contributed by atoms with Crippen molar-refractivity contribution in [2.24, 2.45) is 0 Å². The Kier molecular flexibility index (Phi) is 5.16. The normalized spacial score (nSPS) is 11.6. The van der Waals surface area contributed by atoms with Crippen molar-refractivity contribution >= 4 is 33.2 Å². The van der Waals surface area contributed by atoms with Crippen LogP contribution < -0.4 is 10.5 Å². The molecule has 0 atom stereocenters. The summed E-state index contributed by atoms with van der Waals surface area (Å²) in [6.45, 7) is 3.14. The Balaban J connectivity index is 2.81. The molecule has 1 rings (SSSR count). The van der Waals surface area contributed by atoms with Gasteiger partial charge in [-0.1, -0.05) is 11.6 Å². The van der Waals surface area contributed by atoms with Crippen molar-refractivity contribution in [1.29, 1.82) is 0 Å². The molecule has 0 spiro atoms. The molecule has 0 saturated heterocycles. The average molecular weight is 307 g/mol. The molecule has 0 aliphatic carbocycles. The first kappa shape index (κ1) is 15.7. The van der Waals surface area contributed by atoms with Crippen molar-refractivity contribution in [3.05, 3.63) is 23.2 Å². The number of nitrogens with one attached hydrogen (secondary N) is 1. The first-order valence-corrected chi connectivity index (χ1v) is 7.31. The van der Waals surface area contributed by atoms with Crippen LogP contribution in [0, 0.1) is 0 Å². The van der Waals surface area contributed by atoms with Gasteiger partial charge in [-0.2, -0.15) is 0 Å². The van der Waals surface area contributed by atoms with Gasteiger partial charge < -0.3 is 10.5 Å². The third kappa shape index (κ3) is 4.70. The summed E-state index contributed by atoms with van der Waals surface area (Å²) >= 11 is 5.69. The predicted octanol–water partition coefficient (Wildman–Crippen LogP) is 1.15. The molecule has 0 aliphatic rings. The van der Waals surface area contributed by atoms with E-state index in [1.807, 2.05) is 4.72 Å². The summed E-state index contributed by atoms with van der Waals surface area (Å²) in [5, 5.41) is 0.244. The number of amides is 1. The maximum absolute atomic E-state index is 11.9. The van der Waals surface area contributed by atoms with Crippen LogP contribution in [0.3, 0.4) is 0 Å². The number of nitrogens with two attached hydrogens (primary N) is 1. The summed E-state index contributed by atoms with van der Waals surface area (Å²) in [4.78, 5) is 11.3. The van der Waals surface area contributed by atoms with E-state index in [1.54, 1.807) is 13.8 Å². The number of benzene rings is 1. The Morgan fingerprint density at radius 1 is 1.47 bits per heavy atom. The molecule has 8 heteroatoms. The molecular formula is C11H15ClN2O4S. The summed E-state index contributed by atoms with van der Waals surface area (Å²) in [5.41, 5.74) is 5.63. The summed E-state index contributed by atoms with van der Waals surface area (Å²) in [5.74, 6) is -0.748. The van der Waals surface area contributed by atoms with Gasteiger partial charge in [0.2, 0.25) is 0 Å². The Bertz CT molecular complexity index is 572. The van der Waals surface area contributed by atoms with Gasteiger partial charge in [-0.05, 0) is 32.0 Å². The number of hydrogen-bond donors (Lipinski definition) is 2. The fraction of sp³-hybridized carbons (Fsp3) is 0.364.